The van der Waals surface area contributed by atoms with E-state index in [0.29, 0.717) is 36.9 Å². The minimum atomic E-state index is -0.405. The van der Waals surface area contributed by atoms with Crippen molar-refractivity contribution in [3.63, 3.8) is 0 Å². The maximum absolute atomic E-state index is 16.0. The van der Waals surface area contributed by atoms with Gasteiger partial charge in [-0.1, -0.05) is 30.3 Å². The van der Waals surface area contributed by atoms with Gasteiger partial charge in [-0.25, -0.2) is 9.37 Å². The maximum atomic E-state index is 16.0. The SMILES string of the molecule is Cc1cc(-c2nc3cc(N)ccc3n2C2(C)COC2)c(F)c(OCc2ccccc2)c1C. The second-order valence-corrected chi connectivity index (χ2v) is 8.79. The summed E-state index contributed by atoms with van der Waals surface area (Å²) in [7, 11) is 0. The lowest BCUT2D eigenvalue weighted by molar-refractivity contribution is -0.0868. The number of fused-ring (bicyclic) bond motifs is 1. The van der Waals surface area contributed by atoms with E-state index in [9.17, 15) is 0 Å². The standard InChI is InChI=1S/C26H26FN3O2/c1-16-11-20(23(27)24(17(16)2)32-13-18-7-5-4-6-8-18)25-29-21-12-19(28)9-10-22(21)30(25)26(3)14-31-15-26/h4-12H,13-15,28H2,1-3H3. The molecule has 32 heavy (non-hydrogen) atoms. The average molecular weight is 432 g/mol. The molecular weight excluding hydrogens is 405 g/mol. The van der Waals surface area contributed by atoms with Gasteiger partial charge in [-0.2, -0.15) is 0 Å². The van der Waals surface area contributed by atoms with Crippen LogP contribution in [-0.2, 0) is 16.9 Å². The third-order valence-corrected chi connectivity index (χ3v) is 6.24. The van der Waals surface area contributed by atoms with Gasteiger partial charge in [0, 0.05) is 5.69 Å². The number of aromatic nitrogens is 2. The summed E-state index contributed by atoms with van der Waals surface area (Å²) in [5.41, 5.74) is 11.1. The highest BCUT2D eigenvalue weighted by molar-refractivity contribution is 5.84. The Morgan fingerprint density at radius 2 is 1.88 bits per heavy atom. The number of halogens is 1. The van der Waals surface area contributed by atoms with E-state index in [-0.39, 0.29) is 11.3 Å². The van der Waals surface area contributed by atoms with Gasteiger partial charge in [-0.05, 0) is 61.7 Å². The summed E-state index contributed by atoms with van der Waals surface area (Å²) in [5.74, 6) is 0.413. The van der Waals surface area contributed by atoms with Crippen LogP contribution in [-0.4, -0.2) is 22.8 Å². The van der Waals surface area contributed by atoms with E-state index in [1.165, 1.54) is 0 Å². The summed E-state index contributed by atoms with van der Waals surface area (Å²) >= 11 is 0. The van der Waals surface area contributed by atoms with Gasteiger partial charge in [0.05, 0.1) is 35.3 Å². The lowest BCUT2D eigenvalue weighted by Gasteiger charge is -2.40. The Balaban J connectivity index is 1.67. The number of hydrogen-bond donors (Lipinski definition) is 1. The first kappa shape index (κ1) is 20.5. The van der Waals surface area contributed by atoms with Crippen LogP contribution in [0.4, 0.5) is 10.1 Å². The van der Waals surface area contributed by atoms with E-state index in [1.807, 2.05) is 68.4 Å². The van der Waals surface area contributed by atoms with Gasteiger partial charge >= 0.3 is 0 Å². The number of nitrogens with two attached hydrogens (primary N) is 1. The molecule has 5 rings (SSSR count). The normalized spacial score (nSPS) is 15.0. The van der Waals surface area contributed by atoms with Crippen molar-refractivity contribution < 1.29 is 13.9 Å². The molecule has 0 radical (unpaired) electrons. The number of aryl methyl sites for hydroxylation is 1. The molecule has 3 aromatic carbocycles. The molecule has 2 N–H and O–H groups in total. The molecule has 164 valence electrons. The summed E-state index contributed by atoms with van der Waals surface area (Å²) in [6.45, 7) is 7.32. The van der Waals surface area contributed by atoms with Gasteiger partial charge in [0.2, 0.25) is 0 Å². The first-order valence-electron chi connectivity index (χ1n) is 10.7. The van der Waals surface area contributed by atoms with Crippen LogP contribution in [0.25, 0.3) is 22.4 Å². The van der Waals surface area contributed by atoms with Gasteiger partial charge in [-0.15, -0.1) is 0 Å². The largest absolute Gasteiger partial charge is 0.486 e. The Bertz CT molecular complexity index is 1310. The molecule has 5 nitrogen and oxygen atoms in total. The fourth-order valence-electron chi connectivity index (χ4n) is 4.27. The lowest BCUT2D eigenvalue weighted by atomic mass is 9.97. The molecule has 4 aromatic rings. The zero-order valence-electron chi connectivity index (χ0n) is 18.5. The van der Waals surface area contributed by atoms with E-state index in [1.54, 1.807) is 0 Å². The molecule has 1 aromatic heterocycles. The van der Waals surface area contributed by atoms with E-state index in [2.05, 4.69) is 11.5 Å². The van der Waals surface area contributed by atoms with Gasteiger partial charge in [-0.3, -0.25) is 0 Å². The predicted molar refractivity (Wildman–Crippen MR) is 124 cm³/mol. The predicted octanol–water partition coefficient (Wildman–Crippen LogP) is 5.37. The Morgan fingerprint density at radius 3 is 2.56 bits per heavy atom. The summed E-state index contributed by atoms with van der Waals surface area (Å²) in [6.07, 6.45) is 0. The third kappa shape index (κ3) is 3.31. The number of benzene rings is 3. The molecule has 0 saturated carbocycles. The molecule has 1 saturated heterocycles. The lowest BCUT2D eigenvalue weighted by Crippen LogP contribution is -2.49. The van der Waals surface area contributed by atoms with Crippen LogP contribution < -0.4 is 10.5 Å². The Morgan fingerprint density at radius 1 is 1.12 bits per heavy atom. The van der Waals surface area contributed by atoms with Crippen LogP contribution in [0.15, 0.2) is 54.6 Å². The first-order chi connectivity index (χ1) is 15.4. The number of ether oxygens (including phenoxy) is 2. The summed E-state index contributed by atoms with van der Waals surface area (Å²) < 4.78 is 29.6. The van der Waals surface area contributed by atoms with E-state index in [4.69, 9.17) is 20.2 Å². The first-order valence-corrected chi connectivity index (χ1v) is 10.7. The Labute approximate surface area is 186 Å². The number of rotatable bonds is 5. The van der Waals surface area contributed by atoms with Crippen LogP contribution in [0.1, 0.15) is 23.6 Å². The molecular formula is C26H26FN3O2. The highest BCUT2D eigenvalue weighted by atomic mass is 19.1. The molecule has 0 bridgehead atoms. The van der Waals surface area contributed by atoms with Gasteiger partial charge in [0.25, 0.3) is 0 Å². The van der Waals surface area contributed by atoms with E-state index < -0.39 is 5.82 Å². The zero-order valence-corrected chi connectivity index (χ0v) is 18.5. The second-order valence-electron chi connectivity index (χ2n) is 8.79. The third-order valence-electron chi connectivity index (χ3n) is 6.24. The summed E-state index contributed by atoms with van der Waals surface area (Å²) in [5, 5.41) is 0. The molecule has 0 unspecified atom stereocenters. The molecule has 0 atom stereocenters. The highest BCUT2D eigenvalue weighted by Gasteiger charge is 2.39. The Kier molecular flexibility index (Phi) is 4.90. The fraction of sp³-hybridized carbons (Fsp3) is 0.269. The van der Waals surface area contributed by atoms with Crippen molar-refractivity contribution in [2.24, 2.45) is 0 Å². The molecule has 0 amide bonds. The summed E-state index contributed by atoms with van der Waals surface area (Å²) in [6, 6.07) is 17.2. The number of imidazole rings is 1. The second kappa shape index (κ2) is 7.64. The van der Waals surface area contributed by atoms with Gasteiger partial charge in [0.15, 0.2) is 11.6 Å². The van der Waals surface area contributed by atoms with Crippen LogP contribution in [0, 0.1) is 19.7 Å². The molecule has 0 aliphatic carbocycles. The fourth-order valence-corrected chi connectivity index (χ4v) is 4.27. The minimum absolute atomic E-state index is 0.261. The number of anilines is 1. The quantitative estimate of drug-likeness (QED) is 0.432. The molecule has 1 aliphatic rings. The van der Waals surface area contributed by atoms with Gasteiger partial charge < -0.3 is 19.8 Å². The molecule has 1 aliphatic heterocycles. The van der Waals surface area contributed by atoms with Crippen LogP contribution in [0.5, 0.6) is 5.75 Å². The smallest absolute Gasteiger partial charge is 0.176 e. The Hall–Kier alpha value is -3.38. The van der Waals surface area contributed by atoms with Crippen molar-refractivity contribution in [2.75, 3.05) is 18.9 Å². The van der Waals surface area contributed by atoms with Crippen LogP contribution >= 0.6 is 0 Å². The van der Waals surface area contributed by atoms with E-state index >= 15 is 4.39 Å². The molecule has 6 heteroatoms. The molecule has 2 heterocycles. The monoisotopic (exact) mass is 431 g/mol. The van der Waals surface area contributed by atoms with Crippen molar-refractivity contribution in [3.05, 3.63) is 77.1 Å². The number of hydrogen-bond acceptors (Lipinski definition) is 4. The van der Waals surface area contributed by atoms with E-state index in [0.717, 1.165) is 27.7 Å². The van der Waals surface area contributed by atoms with Gasteiger partial charge in [0.1, 0.15) is 12.4 Å². The summed E-state index contributed by atoms with van der Waals surface area (Å²) in [4.78, 5) is 4.81. The average Bonchev–Trinajstić information content (AvgIpc) is 3.13. The van der Waals surface area contributed by atoms with Crippen molar-refractivity contribution in [3.8, 4) is 17.1 Å². The van der Waals surface area contributed by atoms with Crippen molar-refractivity contribution in [1.29, 1.82) is 0 Å². The topological polar surface area (TPSA) is 62.3 Å². The minimum Gasteiger partial charge on any atom is -0.486 e. The van der Waals surface area contributed by atoms with Crippen molar-refractivity contribution in [1.82, 2.24) is 9.55 Å². The van der Waals surface area contributed by atoms with Crippen molar-refractivity contribution in [2.45, 2.75) is 32.9 Å². The maximum Gasteiger partial charge on any atom is 0.176 e. The number of nitrogens with zero attached hydrogens (tertiary/aromatic N) is 2. The zero-order chi connectivity index (χ0) is 22.5. The van der Waals surface area contributed by atoms with Crippen LogP contribution in [0.2, 0.25) is 0 Å². The van der Waals surface area contributed by atoms with Crippen LogP contribution in [0.3, 0.4) is 0 Å². The molecule has 1 fully saturated rings. The number of nitrogen functional groups attached to an aromatic ring is 1. The highest BCUT2D eigenvalue weighted by Crippen LogP contribution is 2.40. The van der Waals surface area contributed by atoms with Crippen molar-refractivity contribution >= 4 is 16.7 Å². The molecule has 0 spiro atoms.